The molecule has 4 heteroatoms. The highest BCUT2D eigenvalue weighted by atomic mass is 79.9. The van der Waals surface area contributed by atoms with E-state index in [0.717, 1.165) is 16.6 Å². The zero-order chi connectivity index (χ0) is 14.5. The van der Waals surface area contributed by atoms with E-state index in [1.807, 2.05) is 38.1 Å². The van der Waals surface area contributed by atoms with Crippen LogP contribution in [0, 0.1) is 16.7 Å². The Morgan fingerprint density at radius 3 is 2.50 bits per heavy atom. The molecule has 1 aromatic rings. The standard InChI is InChI=1S/C16H18BrNO2/c1-15(2)10-7-8-16(9-10,13(15)19)14(20)18-12-5-3-11(17)4-6-12/h3-6,10H,7-9H2,1-2H3,(H,18,20)/t10-,16-/m1/s1. The average molecular weight is 336 g/mol. The van der Waals surface area contributed by atoms with Crippen molar-refractivity contribution >= 4 is 33.3 Å². The molecule has 2 aliphatic rings. The van der Waals surface area contributed by atoms with Crippen molar-refractivity contribution in [3.8, 4) is 0 Å². The van der Waals surface area contributed by atoms with Gasteiger partial charge in [-0.1, -0.05) is 29.8 Å². The number of rotatable bonds is 2. The Hall–Kier alpha value is -1.16. The average Bonchev–Trinajstić information content (AvgIpc) is 2.93. The fourth-order valence-corrected chi connectivity index (χ4v) is 4.03. The van der Waals surface area contributed by atoms with Gasteiger partial charge in [-0.15, -0.1) is 0 Å². The van der Waals surface area contributed by atoms with Crippen molar-refractivity contribution in [2.45, 2.75) is 33.1 Å². The van der Waals surface area contributed by atoms with Gasteiger partial charge in [0.2, 0.25) is 5.91 Å². The molecule has 0 heterocycles. The van der Waals surface area contributed by atoms with Crippen LogP contribution in [0.3, 0.4) is 0 Å². The van der Waals surface area contributed by atoms with Crippen LogP contribution < -0.4 is 5.32 Å². The van der Waals surface area contributed by atoms with Crippen molar-refractivity contribution in [1.82, 2.24) is 0 Å². The second-order valence-electron chi connectivity index (χ2n) is 6.53. The van der Waals surface area contributed by atoms with Gasteiger partial charge in [0.15, 0.2) is 5.78 Å². The van der Waals surface area contributed by atoms with Crippen LogP contribution in [-0.2, 0) is 9.59 Å². The predicted molar refractivity (Wildman–Crippen MR) is 81.3 cm³/mol. The number of hydrogen-bond donors (Lipinski definition) is 1. The summed E-state index contributed by atoms with van der Waals surface area (Å²) < 4.78 is 0.965. The molecule has 0 aromatic heterocycles. The molecule has 0 aliphatic heterocycles. The van der Waals surface area contributed by atoms with Gasteiger partial charge in [-0.25, -0.2) is 0 Å². The van der Waals surface area contributed by atoms with Gasteiger partial charge >= 0.3 is 0 Å². The molecule has 0 radical (unpaired) electrons. The summed E-state index contributed by atoms with van der Waals surface area (Å²) in [6.07, 6.45) is 2.38. The van der Waals surface area contributed by atoms with Crippen LogP contribution in [0.25, 0.3) is 0 Å². The molecule has 3 nitrogen and oxygen atoms in total. The Balaban J connectivity index is 1.84. The minimum absolute atomic E-state index is 0.121. The minimum atomic E-state index is -0.790. The van der Waals surface area contributed by atoms with Gasteiger partial charge in [-0.05, 0) is 49.4 Å². The van der Waals surface area contributed by atoms with Gasteiger partial charge in [0.1, 0.15) is 5.41 Å². The molecule has 1 N–H and O–H groups in total. The predicted octanol–water partition coefficient (Wildman–Crippen LogP) is 3.78. The van der Waals surface area contributed by atoms with Crippen molar-refractivity contribution in [2.75, 3.05) is 5.32 Å². The molecule has 20 heavy (non-hydrogen) atoms. The molecule has 0 saturated heterocycles. The van der Waals surface area contributed by atoms with E-state index in [-0.39, 0.29) is 17.1 Å². The molecule has 0 unspecified atom stereocenters. The van der Waals surface area contributed by atoms with Crippen LogP contribution in [0.15, 0.2) is 28.7 Å². The van der Waals surface area contributed by atoms with E-state index in [1.54, 1.807) is 0 Å². The summed E-state index contributed by atoms with van der Waals surface area (Å²) in [4.78, 5) is 25.3. The summed E-state index contributed by atoms with van der Waals surface area (Å²) in [5.74, 6) is 0.347. The van der Waals surface area contributed by atoms with Gasteiger partial charge in [0.05, 0.1) is 0 Å². The van der Waals surface area contributed by atoms with Crippen LogP contribution >= 0.6 is 15.9 Å². The molecule has 2 bridgehead atoms. The zero-order valence-corrected chi connectivity index (χ0v) is 13.3. The Labute approximate surface area is 127 Å². The number of benzene rings is 1. The number of halogens is 1. The highest BCUT2D eigenvalue weighted by molar-refractivity contribution is 9.10. The fraction of sp³-hybridized carbons (Fsp3) is 0.500. The molecule has 3 rings (SSSR count). The van der Waals surface area contributed by atoms with Gasteiger partial charge in [-0.3, -0.25) is 9.59 Å². The molecule has 1 amide bonds. The fourth-order valence-electron chi connectivity index (χ4n) is 3.76. The van der Waals surface area contributed by atoms with Gasteiger partial charge in [0.25, 0.3) is 0 Å². The van der Waals surface area contributed by atoms with E-state index in [4.69, 9.17) is 0 Å². The zero-order valence-electron chi connectivity index (χ0n) is 11.7. The first-order valence-electron chi connectivity index (χ1n) is 6.98. The SMILES string of the molecule is CC1(C)C(=O)[C@@]2(C(=O)Nc3ccc(Br)cc3)CC[C@@H]1C2. The van der Waals surface area contributed by atoms with Crippen LogP contribution in [0.2, 0.25) is 0 Å². The lowest BCUT2D eigenvalue weighted by atomic mass is 9.70. The summed E-state index contributed by atoms with van der Waals surface area (Å²) in [5.41, 5.74) is -0.398. The van der Waals surface area contributed by atoms with Crippen molar-refractivity contribution in [3.05, 3.63) is 28.7 Å². The number of Topliss-reactive ketones (excluding diaryl/α,β-unsaturated/α-hetero) is 1. The van der Waals surface area contributed by atoms with Crippen LogP contribution in [0.1, 0.15) is 33.1 Å². The first kappa shape index (κ1) is 13.8. The third-order valence-corrected chi connectivity index (χ3v) is 5.62. The van der Waals surface area contributed by atoms with Crippen molar-refractivity contribution in [1.29, 1.82) is 0 Å². The monoisotopic (exact) mass is 335 g/mol. The summed E-state index contributed by atoms with van der Waals surface area (Å²) in [6, 6.07) is 7.45. The third kappa shape index (κ3) is 1.85. The lowest BCUT2D eigenvalue weighted by Gasteiger charge is -2.32. The molecular formula is C16H18BrNO2. The molecule has 0 spiro atoms. The highest BCUT2D eigenvalue weighted by Crippen LogP contribution is 2.60. The van der Waals surface area contributed by atoms with E-state index >= 15 is 0 Å². The first-order chi connectivity index (χ1) is 9.36. The van der Waals surface area contributed by atoms with Crippen molar-refractivity contribution in [3.63, 3.8) is 0 Å². The molecule has 1 aromatic carbocycles. The Morgan fingerprint density at radius 2 is 1.95 bits per heavy atom. The number of amides is 1. The Kier molecular flexibility index (Phi) is 3.05. The largest absolute Gasteiger partial charge is 0.325 e. The maximum absolute atomic E-state index is 12.6. The van der Waals surface area contributed by atoms with E-state index in [0.29, 0.717) is 18.8 Å². The smallest absolute Gasteiger partial charge is 0.238 e. The number of fused-ring (bicyclic) bond motifs is 2. The normalized spacial score (nSPS) is 30.6. The highest BCUT2D eigenvalue weighted by Gasteiger charge is 2.64. The molecule has 2 saturated carbocycles. The quantitative estimate of drug-likeness (QED) is 0.836. The summed E-state index contributed by atoms with van der Waals surface area (Å²) >= 11 is 3.37. The summed E-state index contributed by atoms with van der Waals surface area (Å²) in [7, 11) is 0. The van der Waals surface area contributed by atoms with E-state index in [1.165, 1.54) is 0 Å². The molecule has 2 fully saturated rings. The van der Waals surface area contributed by atoms with Crippen LogP contribution in [-0.4, -0.2) is 11.7 Å². The molecule has 106 valence electrons. The lowest BCUT2D eigenvalue weighted by molar-refractivity contribution is -0.142. The Morgan fingerprint density at radius 1 is 1.30 bits per heavy atom. The van der Waals surface area contributed by atoms with E-state index in [2.05, 4.69) is 21.2 Å². The van der Waals surface area contributed by atoms with E-state index < -0.39 is 5.41 Å². The molecular weight excluding hydrogens is 318 g/mol. The summed E-state index contributed by atoms with van der Waals surface area (Å²) in [6.45, 7) is 3.96. The van der Waals surface area contributed by atoms with Crippen LogP contribution in [0.5, 0.6) is 0 Å². The maximum atomic E-state index is 12.6. The second-order valence-corrected chi connectivity index (χ2v) is 7.45. The Bertz CT molecular complexity index is 579. The minimum Gasteiger partial charge on any atom is -0.325 e. The van der Waals surface area contributed by atoms with Gasteiger partial charge < -0.3 is 5.32 Å². The number of carbonyl (C=O) groups excluding carboxylic acids is 2. The van der Waals surface area contributed by atoms with Crippen molar-refractivity contribution in [2.24, 2.45) is 16.7 Å². The molecule has 2 atom stereocenters. The van der Waals surface area contributed by atoms with E-state index in [9.17, 15) is 9.59 Å². The summed E-state index contributed by atoms with van der Waals surface area (Å²) in [5, 5.41) is 2.92. The number of hydrogen-bond acceptors (Lipinski definition) is 2. The third-order valence-electron chi connectivity index (χ3n) is 5.09. The number of carbonyl (C=O) groups is 2. The topological polar surface area (TPSA) is 46.2 Å². The first-order valence-corrected chi connectivity index (χ1v) is 7.77. The number of ketones is 1. The van der Waals surface area contributed by atoms with Crippen LogP contribution in [0.4, 0.5) is 5.69 Å². The van der Waals surface area contributed by atoms with Gasteiger partial charge in [0, 0.05) is 15.6 Å². The molecule has 2 aliphatic carbocycles. The number of anilines is 1. The van der Waals surface area contributed by atoms with Gasteiger partial charge in [-0.2, -0.15) is 0 Å². The maximum Gasteiger partial charge on any atom is 0.238 e. The van der Waals surface area contributed by atoms with Crippen molar-refractivity contribution < 1.29 is 9.59 Å². The lowest BCUT2D eigenvalue weighted by Crippen LogP contribution is -2.44. The number of nitrogens with one attached hydrogen (secondary N) is 1. The second kappa shape index (κ2) is 4.42.